The van der Waals surface area contributed by atoms with Crippen molar-refractivity contribution in [3.05, 3.63) is 33.3 Å². The van der Waals surface area contributed by atoms with E-state index in [1.165, 1.54) is 0 Å². The molecule has 0 amide bonds. The number of aromatic nitrogens is 2. The second kappa shape index (κ2) is 3.93. The lowest BCUT2D eigenvalue weighted by atomic mass is 10.1. The summed E-state index contributed by atoms with van der Waals surface area (Å²) >= 11 is 17.8. The van der Waals surface area contributed by atoms with Gasteiger partial charge in [0.05, 0.1) is 20.8 Å². The minimum absolute atomic E-state index is 0.323. The van der Waals surface area contributed by atoms with Crippen LogP contribution in [-0.2, 0) is 0 Å². The molecule has 0 radical (unpaired) electrons. The van der Waals surface area contributed by atoms with E-state index in [-0.39, 0.29) is 0 Å². The van der Waals surface area contributed by atoms with Crippen molar-refractivity contribution >= 4 is 40.6 Å². The van der Waals surface area contributed by atoms with Gasteiger partial charge in [-0.15, -0.1) is 0 Å². The highest BCUT2D eigenvalue weighted by Gasteiger charge is 2.11. The van der Waals surface area contributed by atoms with Crippen LogP contribution < -0.4 is 5.73 Å². The van der Waals surface area contributed by atoms with Gasteiger partial charge in [0.15, 0.2) is 0 Å². The van der Waals surface area contributed by atoms with Crippen LogP contribution in [0.5, 0.6) is 0 Å². The lowest BCUT2D eigenvalue weighted by molar-refractivity contribution is 1.10. The summed E-state index contributed by atoms with van der Waals surface area (Å²) in [6.07, 6.45) is 0. The fourth-order valence-electron chi connectivity index (χ4n) is 1.21. The number of halogens is 3. The van der Waals surface area contributed by atoms with Crippen molar-refractivity contribution in [1.82, 2.24) is 10.2 Å². The van der Waals surface area contributed by atoms with E-state index in [0.717, 1.165) is 5.56 Å². The molecule has 6 heteroatoms. The molecular weight excluding hydrogens is 256 g/mol. The Labute approximate surface area is 101 Å². The van der Waals surface area contributed by atoms with Crippen molar-refractivity contribution in [3.8, 4) is 11.3 Å². The molecule has 0 aliphatic carbocycles. The molecule has 1 heterocycles. The first kappa shape index (κ1) is 10.6. The highest BCUT2D eigenvalue weighted by atomic mass is 35.5. The van der Waals surface area contributed by atoms with Crippen LogP contribution in [0.15, 0.2) is 18.2 Å². The van der Waals surface area contributed by atoms with E-state index in [2.05, 4.69) is 10.2 Å². The minimum Gasteiger partial charge on any atom is -0.382 e. The number of rotatable bonds is 1. The number of hydrogen-bond donors (Lipinski definition) is 2. The van der Waals surface area contributed by atoms with Crippen molar-refractivity contribution in [2.75, 3.05) is 5.73 Å². The van der Waals surface area contributed by atoms with Crippen molar-refractivity contribution in [2.24, 2.45) is 0 Å². The Morgan fingerprint density at radius 3 is 2.47 bits per heavy atom. The fraction of sp³-hybridized carbons (Fsp3) is 0. The Hall–Kier alpha value is -0.900. The Kier molecular flexibility index (Phi) is 2.78. The van der Waals surface area contributed by atoms with Gasteiger partial charge in [-0.05, 0) is 12.1 Å². The van der Waals surface area contributed by atoms with Gasteiger partial charge in [-0.2, -0.15) is 5.10 Å². The molecule has 0 spiro atoms. The summed E-state index contributed by atoms with van der Waals surface area (Å²) in [5.41, 5.74) is 6.91. The molecule has 3 N–H and O–H groups in total. The maximum absolute atomic E-state index is 6.04. The lowest BCUT2D eigenvalue weighted by Crippen LogP contribution is -1.82. The van der Waals surface area contributed by atoms with Crippen LogP contribution in [0, 0.1) is 0 Å². The smallest absolute Gasteiger partial charge is 0.145 e. The van der Waals surface area contributed by atoms with Crippen molar-refractivity contribution < 1.29 is 0 Å². The fourth-order valence-corrected chi connectivity index (χ4v) is 1.85. The number of aromatic amines is 1. The molecule has 0 unspecified atom stereocenters. The largest absolute Gasteiger partial charge is 0.382 e. The van der Waals surface area contributed by atoms with Crippen molar-refractivity contribution in [2.45, 2.75) is 0 Å². The topological polar surface area (TPSA) is 54.7 Å². The average Bonchev–Trinajstić information content (AvgIpc) is 2.61. The second-order valence-corrected chi connectivity index (χ2v) is 4.09. The van der Waals surface area contributed by atoms with Gasteiger partial charge in [0.25, 0.3) is 0 Å². The molecule has 3 nitrogen and oxygen atoms in total. The van der Waals surface area contributed by atoms with Crippen molar-refractivity contribution in [1.29, 1.82) is 0 Å². The Morgan fingerprint density at radius 2 is 1.87 bits per heavy atom. The summed E-state index contributed by atoms with van der Waals surface area (Å²) in [4.78, 5) is 0. The van der Waals surface area contributed by atoms with Gasteiger partial charge in [0, 0.05) is 11.6 Å². The van der Waals surface area contributed by atoms with Crippen LogP contribution >= 0.6 is 34.8 Å². The molecule has 2 aromatic rings. The van der Waals surface area contributed by atoms with Crippen molar-refractivity contribution in [3.63, 3.8) is 0 Å². The highest BCUT2D eigenvalue weighted by molar-refractivity contribution is 6.49. The molecule has 0 saturated carbocycles. The van der Waals surface area contributed by atoms with Gasteiger partial charge in [-0.1, -0.05) is 34.8 Å². The summed E-state index contributed by atoms with van der Waals surface area (Å²) in [7, 11) is 0. The van der Waals surface area contributed by atoms with E-state index in [4.69, 9.17) is 40.5 Å². The highest BCUT2D eigenvalue weighted by Crippen LogP contribution is 2.37. The van der Waals surface area contributed by atoms with E-state index < -0.39 is 0 Å². The first-order valence-electron chi connectivity index (χ1n) is 4.04. The SMILES string of the molecule is Nc1cc(-c2ccc(Cl)c(Cl)c2Cl)[nH]n1. The molecule has 0 bridgehead atoms. The van der Waals surface area contributed by atoms with Crippen LogP contribution in [0.3, 0.4) is 0 Å². The molecule has 1 aromatic carbocycles. The first-order valence-corrected chi connectivity index (χ1v) is 5.17. The Morgan fingerprint density at radius 1 is 1.13 bits per heavy atom. The molecule has 15 heavy (non-hydrogen) atoms. The van der Waals surface area contributed by atoms with Gasteiger partial charge in [0.2, 0.25) is 0 Å². The maximum Gasteiger partial charge on any atom is 0.145 e. The molecule has 0 aliphatic rings. The molecule has 0 saturated heterocycles. The predicted molar refractivity (Wildman–Crippen MR) is 63.5 cm³/mol. The number of nitrogens with one attached hydrogen (secondary N) is 1. The zero-order valence-electron chi connectivity index (χ0n) is 7.39. The van der Waals surface area contributed by atoms with Crippen LogP contribution in [0.2, 0.25) is 15.1 Å². The third-order valence-corrected chi connectivity index (χ3v) is 3.22. The Balaban J connectivity index is 2.59. The number of hydrogen-bond acceptors (Lipinski definition) is 2. The number of benzene rings is 1. The van der Waals surface area contributed by atoms with E-state index in [0.29, 0.717) is 26.6 Å². The maximum atomic E-state index is 6.04. The lowest BCUT2D eigenvalue weighted by Gasteiger charge is -2.04. The van der Waals surface area contributed by atoms with Gasteiger partial charge in [-0.25, -0.2) is 0 Å². The minimum atomic E-state index is 0.323. The van der Waals surface area contributed by atoms with E-state index in [9.17, 15) is 0 Å². The van der Waals surface area contributed by atoms with Gasteiger partial charge < -0.3 is 5.73 Å². The van der Waals surface area contributed by atoms with Gasteiger partial charge >= 0.3 is 0 Å². The molecular formula is C9H6Cl3N3. The third kappa shape index (κ3) is 1.91. The standard InChI is InChI=1S/C9H6Cl3N3/c10-5-2-1-4(8(11)9(5)12)6-3-7(13)15-14-6/h1-3H,(H3,13,14,15). The quantitative estimate of drug-likeness (QED) is 0.771. The summed E-state index contributed by atoms with van der Waals surface area (Å²) in [5.74, 6) is 0.395. The Bertz CT molecular complexity index is 507. The average molecular weight is 263 g/mol. The third-order valence-electron chi connectivity index (χ3n) is 1.92. The molecule has 0 fully saturated rings. The molecule has 1 aromatic heterocycles. The van der Waals surface area contributed by atoms with Gasteiger partial charge in [-0.3, -0.25) is 5.10 Å². The number of nitrogens with two attached hydrogens (primary N) is 1. The summed E-state index contributed by atoms with van der Waals surface area (Å²) < 4.78 is 0. The van der Waals surface area contributed by atoms with Crippen LogP contribution in [-0.4, -0.2) is 10.2 Å². The van der Waals surface area contributed by atoms with E-state index in [1.54, 1.807) is 18.2 Å². The number of anilines is 1. The molecule has 0 atom stereocenters. The summed E-state index contributed by atoms with van der Waals surface area (Å²) in [5, 5.41) is 7.67. The molecule has 2 rings (SSSR count). The number of H-pyrrole nitrogens is 1. The number of nitrogen functional groups attached to an aromatic ring is 1. The van der Waals surface area contributed by atoms with E-state index >= 15 is 0 Å². The van der Waals surface area contributed by atoms with E-state index in [1.807, 2.05) is 0 Å². The zero-order valence-corrected chi connectivity index (χ0v) is 9.66. The van der Waals surface area contributed by atoms with Crippen LogP contribution in [0.1, 0.15) is 0 Å². The second-order valence-electron chi connectivity index (χ2n) is 2.93. The summed E-state index contributed by atoms with van der Waals surface area (Å²) in [6.45, 7) is 0. The first-order chi connectivity index (χ1) is 7.09. The molecule has 0 aliphatic heterocycles. The van der Waals surface area contributed by atoms with Crippen LogP contribution in [0.4, 0.5) is 5.82 Å². The summed E-state index contributed by atoms with van der Waals surface area (Å²) in [6, 6.07) is 5.09. The monoisotopic (exact) mass is 261 g/mol. The number of nitrogens with zero attached hydrogens (tertiary/aromatic N) is 1. The normalized spacial score (nSPS) is 10.6. The predicted octanol–water partition coefficient (Wildman–Crippen LogP) is 3.62. The van der Waals surface area contributed by atoms with Gasteiger partial charge in [0.1, 0.15) is 5.82 Å². The molecule has 78 valence electrons. The zero-order chi connectivity index (χ0) is 11.0. The van der Waals surface area contributed by atoms with Crippen LogP contribution in [0.25, 0.3) is 11.3 Å².